The third-order valence-electron chi connectivity index (χ3n) is 3.02. The van der Waals surface area contributed by atoms with Gasteiger partial charge in [0.05, 0.1) is 0 Å². The Morgan fingerprint density at radius 2 is 1.75 bits per heavy atom. The fraction of sp³-hybridized carbons (Fsp3) is 0.133. The van der Waals surface area contributed by atoms with Crippen LogP contribution in [0.2, 0.25) is 0 Å². The Hall–Kier alpha value is -2.43. The predicted molar refractivity (Wildman–Crippen MR) is 74.7 cm³/mol. The van der Waals surface area contributed by atoms with Crippen molar-refractivity contribution in [2.24, 2.45) is 0 Å². The molecule has 0 atom stereocenters. The lowest BCUT2D eigenvalue weighted by Gasteiger charge is -2.18. The Balaban J connectivity index is 2.36. The van der Waals surface area contributed by atoms with E-state index in [1.165, 1.54) is 4.90 Å². The summed E-state index contributed by atoms with van der Waals surface area (Å²) in [5, 5.41) is 0. The van der Waals surface area contributed by atoms with E-state index in [9.17, 15) is 13.6 Å². The number of nitrogens with two attached hydrogens (primary N) is 1. The van der Waals surface area contributed by atoms with Crippen LogP contribution in [0.15, 0.2) is 36.4 Å². The minimum Gasteiger partial charge on any atom is -0.394 e. The smallest absolute Gasteiger partial charge is 0.258 e. The van der Waals surface area contributed by atoms with Crippen molar-refractivity contribution in [1.29, 1.82) is 0 Å². The molecule has 0 aliphatic rings. The van der Waals surface area contributed by atoms with Crippen LogP contribution in [0.1, 0.15) is 15.9 Å². The molecular formula is C15H14F2N2O. The van der Waals surface area contributed by atoms with Gasteiger partial charge in [0.15, 0.2) is 0 Å². The third-order valence-corrected chi connectivity index (χ3v) is 3.02. The number of carbonyl (C=O) groups is 1. The monoisotopic (exact) mass is 276 g/mol. The Bertz CT molecular complexity index is 648. The van der Waals surface area contributed by atoms with Crippen LogP contribution in [0.3, 0.4) is 0 Å². The number of aryl methyl sites for hydroxylation is 1. The molecule has 0 heterocycles. The van der Waals surface area contributed by atoms with Crippen LogP contribution >= 0.6 is 0 Å². The molecule has 3 nitrogen and oxygen atoms in total. The SMILES string of the molecule is Cc1cccc(N(C)C(=O)c2cc(F)c(N)c(F)c2)c1. The Kier molecular flexibility index (Phi) is 3.70. The van der Waals surface area contributed by atoms with Crippen molar-refractivity contribution in [2.45, 2.75) is 6.92 Å². The zero-order valence-corrected chi connectivity index (χ0v) is 11.2. The standard InChI is InChI=1S/C15H14F2N2O/c1-9-4-3-5-11(6-9)19(2)15(20)10-7-12(16)14(18)13(17)8-10/h3-8H,18H2,1-2H3. The van der Waals surface area contributed by atoms with Gasteiger partial charge in [-0.3, -0.25) is 4.79 Å². The molecule has 0 fully saturated rings. The van der Waals surface area contributed by atoms with Crippen molar-refractivity contribution in [3.05, 3.63) is 59.2 Å². The minimum atomic E-state index is -0.939. The van der Waals surface area contributed by atoms with Crippen LogP contribution < -0.4 is 10.6 Å². The first-order valence-corrected chi connectivity index (χ1v) is 5.99. The van der Waals surface area contributed by atoms with Crippen molar-refractivity contribution < 1.29 is 13.6 Å². The van der Waals surface area contributed by atoms with Crippen LogP contribution in [0.25, 0.3) is 0 Å². The summed E-state index contributed by atoms with van der Waals surface area (Å²) >= 11 is 0. The second kappa shape index (κ2) is 5.28. The van der Waals surface area contributed by atoms with Gasteiger partial charge in [-0.1, -0.05) is 12.1 Å². The van der Waals surface area contributed by atoms with Gasteiger partial charge in [-0.15, -0.1) is 0 Å². The van der Waals surface area contributed by atoms with E-state index in [1.807, 2.05) is 19.1 Å². The van der Waals surface area contributed by atoms with Crippen LogP contribution in [-0.4, -0.2) is 13.0 Å². The van der Waals surface area contributed by atoms with Crippen molar-refractivity contribution >= 4 is 17.3 Å². The van der Waals surface area contributed by atoms with E-state index in [-0.39, 0.29) is 5.56 Å². The molecule has 5 heteroatoms. The number of benzene rings is 2. The highest BCUT2D eigenvalue weighted by Crippen LogP contribution is 2.21. The van der Waals surface area contributed by atoms with E-state index in [2.05, 4.69) is 0 Å². The Morgan fingerprint density at radius 3 is 2.30 bits per heavy atom. The lowest BCUT2D eigenvalue weighted by molar-refractivity contribution is 0.0992. The summed E-state index contributed by atoms with van der Waals surface area (Å²) in [6, 6.07) is 9.12. The fourth-order valence-corrected chi connectivity index (χ4v) is 1.86. The maximum absolute atomic E-state index is 13.4. The average Bonchev–Trinajstić information content (AvgIpc) is 2.42. The van der Waals surface area contributed by atoms with Gasteiger partial charge in [-0.2, -0.15) is 0 Å². The highest BCUT2D eigenvalue weighted by atomic mass is 19.1. The first-order valence-electron chi connectivity index (χ1n) is 5.99. The number of halogens is 2. The predicted octanol–water partition coefficient (Wildman–Crippen LogP) is 3.13. The highest BCUT2D eigenvalue weighted by molar-refractivity contribution is 6.05. The van der Waals surface area contributed by atoms with E-state index in [0.29, 0.717) is 5.69 Å². The minimum absolute atomic E-state index is 0.0850. The largest absolute Gasteiger partial charge is 0.394 e. The molecular weight excluding hydrogens is 262 g/mol. The fourth-order valence-electron chi connectivity index (χ4n) is 1.86. The zero-order chi connectivity index (χ0) is 14.9. The topological polar surface area (TPSA) is 46.3 Å². The van der Waals surface area contributed by atoms with Crippen molar-refractivity contribution in [3.63, 3.8) is 0 Å². The van der Waals surface area contributed by atoms with Crippen LogP contribution in [0.5, 0.6) is 0 Å². The normalized spacial score (nSPS) is 10.4. The van der Waals surface area contributed by atoms with E-state index in [4.69, 9.17) is 5.73 Å². The summed E-state index contributed by atoms with van der Waals surface area (Å²) in [6.45, 7) is 1.89. The molecule has 2 N–H and O–H groups in total. The first kappa shape index (κ1) is 14.0. The average molecular weight is 276 g/mol. The molecule has 0 saturated heterocycles. The van der Waals surface area contributed by atoms with E-state index >= 15 is 0 Å². The van der Waals surface area contributed by atoms with E-state index in [1.54, 1.807) is 19.2 Å². The van der Waals surface area contributed by atoms with Crippen molar-refractivity contribution in [2.75, 3.05) is 17.7 Å². The van der Waals surface area contributed by atoms with E-state index < -0.39 is 23.2 Å². The molecule has 2 aromatic rings. The molecule has 0 bridgehead atoms. The molecule has 0 radical (unpaired) electrons. The van der Waals surface area contributed by atoms with Gasteiger partial charge in [-0.25, -0.2) is 8.78 Å². The number of nitrogens with zero attached hydrogens (tertiary/aromatic N) is 1. The van der Waals surface area contributed by atoms with Crippen molar-refractivity contribution in [3.8, 4) is 0 Å². The van der Waals surface area contributed by atoms with Crippen molar-refractivity contribution in [1.82, 2.24) is 0 Å². The maximum atomic E-state index is 13.4. The number of anilines is 2. The first-order chi connectivity index (χ1) is 9.40. The second-order valence-electron chi connectivity index (χ2n) is 4.56. The molecule has 0 aliphatic heterocycles. The van der Waals surface area contributed by atoms with Crippen LogP contribution in [0, 0.1) is 18.6 Å². The molecule has 104 valence electrons. The van der Waals surface area contributed by atoms with Gasteiger partial charge in [0.25, 0.3) is 5.91 Å². The third kappa shape index (κ3) is 2.61. The number of nitrogen functional groups attached to an aromatic ring is 1. The zero-order valence-electron chi connectivity index (χ0n) is 11.2. The summed E-state index contributed by atoms with van der Waals surface area (Å²) in [5.41, 5.74) is 6.14. The van der Waals surface area contributed by atoms with Gasteiger partial charge in [0, 0.05) is 18.3 Å². The molecule has 0 aromatic heterocycles. The molecule has 1 amide bonds. The van der Waals surface area contributed by atoms with Gasteiger partial charge in [-0.05, 0) is 36.8 Å². The molecule has 0 aliphatic carbocycles. The Labute approximate surface area is 115 Å². The lowest BCUT2D eigenvalue weighted by atomic mass is 10.1. The summed E-state index contributed by atoms with van der Waals surface area (Å²) in [5.74, 6) is -2.38. The van der Waals surface area contributed by atoms with Crippen LogP contribution in [-0.2, 0) is 0 Å². The number of hydrogen-bond acceptors (Lipinski definition) is 2. The highest BCUT2D eigenvalue weighted by Gasteiger charge is 2.17. The second-order valence-corrected chi connectivity index (χ2v) is 4.56. The van der Waals surface area contributed by atoms with Gasteiger partial charge in [0.1, 0.15) is 17.3 Å². The number of carbonyl (C=O) groups excluding carboxylic acids is 1. The quantitative estimate of drug-likeness (QED) is 0.856. The van der Waals surface area contributed by atoms with Crippen LogP contribution in [0.4, 0.5) is 20.2 Å². The number of hydrogen-bond donors (Lipinski definition) is 1. The van der Waals surface area contributed by atoms with Gasteiger partial charge in [0.2, 0.25) is 0 Å². The molecule has 20 heavy (non-hydrogen) atoms. The number of amides is 1. The van der Waals surface area contributed by atoms with E-state index in [0.717, 1.165) is 17.7 Å². The summed E-state index contributed by atoms with van der Waals surface area (Å²) in [6.07, 6.45) is 0. The van der Waals surface area contributed by atoms with Gasteiger partial charge < -0.3 is 10.6 Å². The molecule has 0 unspecified atom stereocenters. The lowest BCUT2D eigenvalue weighted by Crippen LogP contribution is -2.26. The summed E-state index contributed by atoms with van der Waals surface area (Å²) < 4.78 is 26.8. The Morgan fingerprint density at radius 1 is 1.15 bits per heavy atom. The number of rotatable bonds is 2. The molecule has 2 rings (SSSR count). The molecule has 0 saturated carbocycles. The molecule has 2 aromatic carbocycles. The summed E-state index contributed by atoms with van der Waals surface area (Å²) in [7, 11) is 1.54. The van der Waals surface area contributed by atoms with Gasteiger partial charge >= 0.3 is 0 Å². The summed E-state index contributed by atoms with van der Waals surface area (Å²) in [4.78, 5) is 13.6. The molecule has 0 spiro atoms. The maximum Gasteiger partial charge on any atom is 0.258 e.